The number of rotatable bonds is 7. The van der Waals surface area contributed by atoms with E-state index >= 15 is 0 Å². The van der Waals surface area contributed by atoms with E-state index in [1.54, 1.807) is 7.11 Å². The standard InChI is InChI=1S/C21H25N3O3/c1-27-19-8-6-18(7-9-19)23(13-11-20(22)25)15-21(26)24-12-10-16-4-2-3-5-17(16)14-24/h2-9H,10-15H2,1H3,(H2,22,25). The van der Waals surface area contributed by atoms with Crippen molar-refractivity contribution >= 4 is 17.5 Å². The van der Waals surface area contributed by atoms with Crippen LogP contribution in [-0.2, 0) is 22.6 Å². The fourth-order valence-corrected chi connectivity index (χ4v) is 3.31. The fraction of sp³-hybridized carbons (Fsp3) is 0.333. The van der Waals surface area contributed by atoms with Crippen LogP contribution in [0.25, 0.3) is 0 Å². The lowest BCUT2D eigenvalue weighted by atomic mass is 10.00. The number of benzene rings is 2. The second kappa shape index (κ2) is 8.58. The Hall–Kier alpha value is -3.02. The van der Waals surface area contributed by atoms with Gasteiger partial charge in [-0.05, 0) is 41.8 Å². The molecule has 0 fully saturated rings. The van der Waals surface area contributed by atoms with Gasteiger partial charge in [0.05, 0.1) is 13.7 Å². The Morgan fingerprint density at radius 1 is 1.11 bits per heavy atom. The van der Waals surface area contributed by atoms with E-state index in [0.717, 1.165) is 17.9 Å². The van der Waals surface area contributed by atoms with Gasteiger partial charge in [0.15, 0.2) is 0 Å². The highest BCUT2D eigenvalue weighted by molar-refractivity contribution is 5.82. The second-order valence-corrected chi connectivity index (χ2v) is 6.67. The summed E-state index contributed by atoms with van der Waals surface area (Å²) >= 11 is 0. The summed E-state index contributed by atoms with van der Waals surface area (Å²) in [5.41, 5.74) is 8.68. The number of nitrogens with zero attached hydrogens (tertiary/aromatic N) is 2. The van der Waals surface area contributed by atoms with Gasteiger partial charge in [-0.3, -0.25) is 9.59 Å². The van der Waals surface area contributed by atoms with Gasteiger partial charge in [-0.2, -0.15) is 0 Å². The predicted octanol–water partition coefficient (Wildman–Crippen LogP) is 1.96. The number of fused-ring (bicyclic) bond motifs is 1. The average Bonchev–Trinajstić information content (AvgIpc) is 2.70. The molecule has 0 bridgehead atoms. The van der Waals surface area contributed by atoms with Gasteiger partial charge in [0.2, 0.25) is 11.8 Å². The van der Waals surface area contributed by atoms with E-state index in [2.05, 4.69) is 12.1 Å². The smallest absolute Gasteiger partial charge is 0.242 e. The van der Waals surface area contributed by atoms with E-state index in [9.17, 15) is 9.59 Å². The molecule has 0 saturated heterocycles. The summed E-state index contributed by atoms with van der Waals surface area (Å²) in [6.45, 7) is 1.95. The van der Waals surface area contributed by atoms with E-state index in [0.29, 0.717) is 19.6 Å². The molecule has 0 saturated carbocycles. The first-order chi connectivity index (χ1) is 13.1. The van der Waals surface area contributed by atoms with Gasteiger partial charge < -0.3 is 20.3 Å². The lowest BCUT2D eigenvalue weighted by Gasteiger charge is -2.32. The maximum atomic E-state index is 12.9. The summed E-state index contributed by atoms with van der Waals surface area (Å²) in [5, 5.41) is 0. The predicted molar refractivity (Wildman–Crippen MR) is 105 cm³/mol. The van der Waals surface area contributed by atoms with E-state index in [1.807, 2.05) is 46.2 Å². The maximum absolute atomic E-state index is 12.9. The molecule has 2 N–H and O–H groups in total. The number of hydrogen-bond acceptors (Lipinski definition) is 4. The molecule has 0 radical (unpaired) electrons. The van der Waals surface area contributed by atoms with Crippen LogP contribution < -0.4 is 15.4 Å². The highest BCUT2D eigenvalue weighted by Gasteiger charge is 2.22. The Bertz CT molecular complexity index is 805. The molecule has 1 aliphatic rings. The highest BCUT2D eigenvalue weighted by atomic mass is 16.5. The maximum Gasteiger partial charge on any atom is 0.242 e. The van der Waals surface area contributed by atoms with Crippen LogP contribution in [0.4, 0.5) is 5.69 Å². The normalized spacial score (nSPS) is 13.0. The minimum absolute atomic E-state index is 0.0461. The monoisotopic (exact) mass is 367 g/mol. The first-order valence-corrected chi connectivity index (χ1v) is 9.08. The molecule has 6 heteroatoms. The molecular formula is C21H25N3O3. The number of carbonyl (C=O) groups is 2. The van der Waals surface area contributed by atoms with Crippen molar-refractivity contribution in [2.75, 3.05) is 31.6 Å². The first-order valence-electron chi connectivity index (χ1n) is 9.08. The van der Waals surface area contributed by atoms with Crippen LogP contribution in [0, 0.1) is 0 Å². The first kappa shape index (κ1) is 18.8. The molecule has 2 amide bonds. The van der Waals surface area contributed by atoms with Gasteiger partial charge in [-0.25, -0.2) is 0 Å². The Morgan fingerprint density at radius 2 is 1.81 bits per heavy atom. The van der Waals surface area contributed by atoms with Crippen molar-refractivity contribution in [3.8, 4) is 5.75 Å². The Labute approximate surface area is 159 Å². The van der Waals surface area contributed by atoms with Gasteiger partial charge >= 0.3 is 0 Å². The van der Waals surface area contributed by atoms with Crippen molar-refractivity contribution in [3.63, 3.8) is 0 Å². The van der Waals surface area contributed by atoms with Crippen LogP contribution in [0.2, 0.25) is 0 Å². The van der Waals surface area contributed by atoms with Crippen molar-refractivity contribution in [3.05, 3.63) is 59.7 Å². The minimum Gasteiger partial charge on any atom is -0.497 e. The molecule has 2 aromatic carbocycles. The van der Waals surface area contributed by atoms with Crippen LogP contribution in [0.1, 0.15) is 17.5 Å². The van der Waals surface area contributed by atoms with Crippen molar-refractivity contribution in [2.45, 2.75) is 19.4 Å². The van der Waals surface area contributed by atoms with Crippen molar-refractivity contribution in [1.82, 2.24) is 4.90 Å². The second-order valence-electron chi connectivity index (χ2n) is 6.67. The van der Waals surface area contributed by atoms with Crippen LogP contribution in [-0.4, -0.2) is 43.5 Å². The van der Waals surface area contributed by atoms with Crippen LogP contribution in [0.5, 0.6) is 5.75 Å². The third-order valence-corrected chi connectivity index (χ3v) is 4.88. The Balaban J connectivity index is 1.71. The molecule has 0 aromatic heterocycles. The topological polar surface area (TPSA) is 75.9 Å². The molecule has 0 spiro atoms. The third-order valence-electron chi connectivity index (χ3n) is 4.88. The molecule has 0 unspecified atom stereocenters. The number of hydrogen-bond donors (Lipinski definition) is 1. The van der Waals surface area contributed by atoms with Crippen molar-refractivity contribution < 1.29 is 14.3 Å². The SMILES string of the molecule is COc1ccc(N(CCC(N)=O)CC(=O)N2CCc3ccccc3C2)cc1. The summed E-state index contributed by atoms with van der Waals surface area (Å²) in [7, 11) is 1.61. The highest BCUT2D eigenvalue weighted by Crippen LogP contribution is 2.22. The molecule has 3 rings (SSSR count). The summed E-state index contributed by atoms with van der Waals surface area (Å²) in [6.07, 6.45) is 1.06. The zero-order chi connectivity index (χ0) is 19.2. The number of nitrogens with two attached hydrogens (primary N) is 1. The number of methoxy groups -OCH3 is 1. The lowest BCUT2D eigenvalue weighted by molar-refractivity contribution is -0.130. The molecule has 0 atom stereocenters. The van der Waals surface area contributed by atoms with E-state index in [-0.39, 0.29) is 24.8 Å². The molecule has 0 aliphatic carbocycles. The number of ether oxygens (including phenoxy) is 1. The quantitative estimate of drug-likeness (QED) is 0.812. The Morgan fingerprint density at radius 3 is 2.48 bits per heavy atom. The van der Waals surface area contributed by atoms with Gasteiger partial charge in [-0.15, -0.1) is 0 Å². The Kier molecular flexibility index (Phi) is 5.96. The number of carbonyl (C=O) groups excluding carboxylic acids is 2. The molecule has 142 valence electrons. The summed E-state index contributed by atoms with van der Waals surface area (Å²) in [6, 6.07) is 15.7. The number of anilines is 1. The zero-order valence-electron chi connectivity index (χ0n) is 15.6. The molecular weight excluding hydrogens is 342 g/mol. The number of amides is 2. The lowest BCUT2D eigenvalue weighted by Crippen LogP contribution is -2.43. The van der Waals surface area contributed by atoms with E-state index in [1.165, 1.54) is 11.1 Å². The minimum atomic E-state index is -0.382. The third kappa shape index (κ3) is 4.78. The summed E-state index contributed by atoms with van der Waals surface area (Å²) in [5.74, 6) is 0.408. The summed E-state index contributed by atoms with van der Waals surface area (Å²) < 4.78 is 5.19. The van der Waals surface area contributed by atoms with Gasteiger partial charge in [0, 0.05) is 31.7 Å². The molecule has 2 aromatic rings. The van der Waals surface area contributed by atoms with Gasteiger partial charge in [0.1, 0.15) is 5.75 Å². The summed E-state index contributed by atoms with van der Waals surface area (Å²) in [4.78, 5) is 27.9. The van der Waals surface area contributed by atoms with E-state index < -0.39 is 0 Å². The van der Waals surface area contributed by atoms with Crippen LogP contribution in [0.15, 0.2) is 48.5 Å². The van der Waals surface area contributed by atoms with Crippen LogP contribution in [0.3, 0.4) is 0 Å². The molecule has 6 nitrogen and oxygen atoms in total. The largest absolute Gasteiger partial charge is 0.497 e. The van der Waals surface area contributed by atoms with E-state index in [4.69, 9.17) is 10.5 Å². The van der Waals surface area contributed by atoms with Gasteiger partial charge in [-0.1, -0.05) is 24.3 Å². The molecule has 1 aliphatic heterocycles. The van der Waals surface area contributed by atoms with Gasteiger partial charge in [0.25, 0.3) is 0 Å². The van der Waals surface area contributed by atoms with Crippen molar-refractivity contribution in [1.29, 1.82) is 0 Å². The fourth-order valence-electron chi connectivity index (χ4n) is 3.31. The van der Waals surface area contributed by atoms with Crippen molar-refractivity contribution in [2.24, 2.45) is 5.73 Å². The molecule has 27 heavy (non-hydrogen) atoms. The number of primary amides is 1. The zero-order valence-corrected chi connectivity index (χ0v) is 15.6. The van der Waals surface area contributed by atoms with Crippen LogP contribution >= 0.6 is 0 Å². The average molecular weight is 367 g/mol. The molecule has 1 heterocycles.